The Balaban J connectivity index is 1.52. The lowest BCUT2D eigenvalue weighted by Crippen LogP contribution is -2.28. The first kappa shape index (κ1) is 24.0. The zero-order valence-corrected chi connectivity index (χ0v) is 18.9. The van der Waals surface area contributed by atoms with Crippen LogP contribution in [0.3, 0.4) is 0 Å². The van der Waals surface area contributed by atoms with Gasteiger partial charge in [-0.2, -0.15) is 13.2 Å². The molecule has 4 rings (SSSR count). The summed E-state index contributed by atoms with van der Waals surface area (Å²) in [5, 5.41) is 10.5. The second-order valence-electron chi connectivity index (χ2n) is 7.90. The summed E-state index contributed by atoms with van der Waals surface area (Å²) >= 11 is 0. The van der Waals surface area contributed by atoms with Crippen LogP contribution < -0.4 is 11.1 Å². The average Bonchev–Trinajstić information content (AvgIpc) is 3.29. The lowest BCUT2D eigenvalue weighted by atomic mass is 9.95. The van der Waals surface area contributed by atoms with Gasteiger partial charge in [-0.05, 0) is 47.4 Å². The zero-order chi connectivity index (χ0) is 25.2. The first-order valence-electron chi connectivity index (χ1n) is 10.7. The smallest absolute Gasteiger partial charge is 0.343 e. The van der Waals surface area contributed by atoms with Gasteiger partial charge in [0.05, 0.1) is 23.5 Å². The number of hydrogen-bond donors (Lipinski definition) is 2. The topological polar surface area (TPSA) is 112 Å². The van der Waals surface area contributed by atoms with E-state index in [1.807, 2.05) is 0 Å². The quantitative estimate of drug-likeness (QED) is 0.432. The number of carbonyl (C=O) groups excluding carboxylic acids is 1. The van der Waals surface area contributed by atoms with Gasteiger partial charge in [-0.1, -0.05) is 35.5 Å². The molecule has 0 aliphatic carbocycles. The minimum absolute atomic E-state index is 0.0104. The third kappa shape index (κ3) is 5.19. The molecular formula is C24H22F3N7O. The van der Waals surface area contributed by atoms with E-state index < -0.39 is 23.7 Å². The maximum Gasteiger partial charge on any atom is 0.416 e. The number of hydrogen-bond acceptors (Lipinski definition) is 6. The molecule has 1 amide bonds. The van der Waals surface area contributed by atoms with E-state index >= 15 is 0 Å². The van der Waals surface area contributed by atoms with E-state index in [0.717, 1.165) is 17.7 Å². The predicted molar refractivity (Wildman–Crippen MR) is 123 cm³/mol. The highest BCUT2D eigenvalue weighted by atomic mass is 19.4. The van der Waals surface area contributed by atoms with Crippen molar-refractivity contribution in [3.63, 3.8) is 0 Å². The molecule has 0 fully saturated rings. The largest absolute Gasteiger partial charge is 0.416 e. The van der Waals surface area contributed by atoms with Crippen LogP contribution in [0.15, 0.2) is 60.9 Å². The van der Waals surface area contributed by atoms with E-state index in [2.05, 4.69) is 25.6 Å². The molecule has 8 nitrogen and oxygen atoms in total. The van der Waals surface area contributed by atoms with Crippen LogP contribution in [0.4, 0.5) is 13.2 Å². The van der Waals surface area contributed by atoms with Crippen LogP contribution >= 0.6 is 0 Å². The summed E-state index contributed by atoms with van der Waals surface area (Å²) in [5.74, 6) is -0.481. The number of aryl methyl sites for hydroxylation is 1. The number of aromatic nitrogens is 5. The fourth-order valence-electron chi connectivity index (χ4n) is 3.63. The Kier molecular flexibility index (Phi) is 6.61. The van der Waals surface area contributed by atoms with Crippen molar-refractivity contribution in [3.8, 4) is 22.5 Å². The third-order valence-corrected chi connectivity index (χ3v) is 5.56. The molecule has 0 spiro atoms. The van der Waals surface area contributed by atoms with Gasteiger partial charge >= 0.3 is 6.18 Å². The molecule has 2 aromatic heterocycles. The molecule has 0 aliphatic heterocycles. The normalized spacial score (nSPS) is 12.4. The van der Waals surface area contributed by atoms with E-state index in [1.54, 1.807) is 44.3 Å². The molecule has 11 heteroatoms. The first-order valence-corrected chi connectivity index (χ1v) is 10.7. The Morgan fingerprint density at radius 3 is 2.51 bits per heavy atom. The summed E-state index contributed by atoms with van der Waals surface area (Å²) in [6.07, 6.45) is -1.43. The van der Waals surface area contributed by atoms with Crippen molar-refractivity contribution in [1.82, 2.24) is 30.3 Å². The van der Waals surface area contributed by atoms with Crippen LogP contribution in [0.5, 0.6) is 0 Å². The molecule has 0 saturated heterocycles. The van der Waals surface area contributed by atoms with Crippen LogP contribution in [0.25, 0.3) is 22.5 Å². The van der Waals surface area contributed by atoms with Gasteiger partial charge in [0.1, 0.15) is 5.69 Å². The molecule has 0 saturated carbocycles. The lowest BCUT2D eigenvalue weighted by Gasteiger charge is -2.16. The van der Waals surface area contributed by atoms with Gasteiger partial charge in [-0.15, -0.1) is 5.10 Å². The maximum atomic E-state index is 13.2. The maximum absolute atomic E-state index is 13.2. The zero-order valence-electron chi connectivity index (χ0n) is 18.9. The first-order chi connectivity index (χ1) is 16.7. The number of nitrogens with one attached hydrogen (secondary N) is 1. The second-order valence-corrected chi connectivity index (χ2v) is 7.90. The summed E-state index contributed by atoms with van der Waals surface area (Å²) in [6.45, 7) is 1.90. The minimum atomic E-state index is -4.45. The summed E-state index contributed by atoms with van der Waals surface area (Å²) in [4.78, 5) is 21.1. The molecule has 1 atom stereocenters. The Morgan fingerprint density at radius 2 is 1.89 bits per heavy atom. The number of rotatable bonds is 6. The van der Waals surface area contributed by atoms with Gasteiger partial charge in [0.15, 0.2) is 0 Å². The predicted octanol–water partition coefficient (Wildman–Crippen LogP) is 3.91. The van der Waals surface area contributed by atoms with Crippen molar-refractivity contribution in [2.75, 3.05) is 0 Å². The highest BCUT2D eigenvalue weighted by Gasteiger charge is 2.31. The minimum Gasteiger partial charge on any atom is -0.343 e. The molecule has 2 aromatic carbocycles. The van der Waals surface area contributed by atoms with Gasteiger partial charge in [-0.25, -0.2) is 14.6 Å². The summed E-state index contributed by atoms with van der Waals surface area (Å²) in [5.41, 5.74) is 8.52. The lowest BCUT2D eigenvalue weighted by molar-refractivity contribution is -0.137. The fraction of sp³-hybridized carbons (Fsp3) is 0.208. The average molecular weight is 481 g/mol. The van der Waals surface area contributed by atoms with E-state index in [0.29, 0.717) is 28.1 Å². The number of halogens is 3. The standard InChI is InChI=1S/C24H22F3N7O/c1-14(31-23(35)22-29-10-9-20(32-22)21-13-30-33-34(21)2)15-3-5-16(6-4-15)19-11-18(24(25,26)27)8-7-17(19)12-28/h3-11,13-14H,12,28H2,1-2H3,(H,31,35)/t14-/m1/s1. The van der Waals surface area contributed by atoms with Crippen molar-refractivity contribution in [2.45, 2.75) is 25.7 Å². The third-order valence-electron chi connectivity index (χ3n) is 5.56. The van der Waals surface area contributed by atoms with E-state index in [4.69, 9.17) is 5.73 Å². The molecular weight excluding hydrogens is 459 g/mol. The van der Waals surface area contributed by atoms with Crippen LogP contribution in [-0.2, 0) is 19.8 Å². The number of alkyl halides is 3. The van der Waals surface area contributed by atoms with Crippen molar-refractivity contribution in [1.29, 1.82) is 0 Å². The van der Waals surface area contributed by atoms with Gasteiger partial charge in [0.25, 0.3) is 5.91 Å². The molecule has 0 aliphatic rings. The Bertz CT molecular complexity index is 1350. The SMILES string of the molecule is C[C@@H](NC(=O)c1nccc(-c2cnnn2C)n1)c1ccc(-c2cc(C(F)(F)F)ccc2CN)cc1. The number of benzene rings is 2. The molecule has 3 N–H and O–H groups in total. The van der Waals surface area contributed by atoms with Crippen molar-refractivity contribution in [2.24, 2.45) is 12.8 Å². The molecule has 0 bridgehead atoms. The fourth-order valence-corrected chi connectivity index (χ4v) is 3.63. The molecule has 0 unspecified atom stereocenters. The molecule has 4 aromatic rings. The summed E-state index contributed by atoms with van der Waals surface area (Å²) < 4.78 is 41.1. The molecule has 180 valence electrons. The Labute approximate surface area is 199 Å². The van der Waals surface area contributed by atoms with E-state index in [9.17, 15) is 18.0 Å². The number of amides is 1. The van der Waals surface area contributed by atoms with Crippen molar-refractivity contribution in [3.05, 3.63) is 83.4 Å². The number of nitrogens with zero attached hydrogens (tertiary/aromatic N) is 5. The second kappa shape index (κ2) is 9.63. The van der Waals surface area contributed by atoms with Crippen LogP contribution in [0.2, 0.25) is 0 Å². The van der Waals surface area contributed by atoms with Gasteiger partial charge in [-0.3, -0.25) is 4.79 Å². The number of carbonyl (C=O) groups is 1. The van der Waals surface area contributed by atoms with Crippen molar-refractivity contribution >= 4 is 5.91 Å². The molecule has 0 radical (unpaired) electrons. The van der Waals surface area contributed by atoms with E-state index in [-0.39, 0.29) is 12.4 Å². The van der Waals surface area contributed by atoms with Crippen LogP contribution in [-0.4, -0.2) is 30.9 Å². The highest BCUT2D eigenvalue weighted by Crippen LogP contribution is 2.34. The monoisotopic (exact) mass is 481 g/mol. The molecule has 2 heterocycles. The van der Waals surface area contributed by atoms with E-state index in [1.165, 1.54) is 23.1 Å². The molecule has 35 heavy (non-hydrogen) atoms. The van der Waals surface area contributed by atoms with Gasteiger partial charge < -0.3 is 11.1 Å². The van der Waals surface area contributed by atoms with Crippen LogP contribution in [0, 0.1) is 0 Å². The summed E-state index contributed by atoms with van der Waals surface area (Å²) in [7, 11) is 1.71. The summed E-state index contributed by atoms with van der Waals surface area (Å²) in [6, 6.07) is 11.7. The van der Waals surface area contributed by atoms with Gasteiger partial charge in [0.2, 0.25) is 5.82 Å². The number of nitrogens with two attached hydrogens (primary N) is 1. The highest BCUT2D eigenvalue weighted by molar-refractivity contribution is 5.91. The van der Waals surface area contributed by atoms with Crippen molar-refractivity contribution < 1.29 is 18.0 Å². The van der Waals surface area contributed by atoms with Crippen LogP contribution in [0.1, 0.15) is 40.3 Å². The Hall–Kier alpha value is -4.12. The van der Waals surface area contributed by atoms with Gasteiger partial charge in [0, 0.05) is 19.8 Å². The Morgan fingerprint density at radius 1 is 1.14 bits per heavy atom.